The molecule has 5 nitrogen and oxygen atoms in total. The molecule has 1 saturated heterocycles. The Kier molecular flexibility index (Phi) is 1.84. The molecule has 98 valence electrons. The number of hydrogen-bond donors (Lipinski definition) is 0. The molecule has 2 rings (SSSR count). The fourth-order valence-electron chi connectivity index (χ4n) is 1.09. The molecule has 0 aromatic carbocycles. The molecule has 1 aliphatic rings. The van der Waals surface area contributed by atoms with Gasteiger partial charge >= 0.3 is 6.09 Å². The number of likely N-dealkylation sites (tertiary alicyclic amines) is 1. The van der Waals surface area contributed by atoms with Crippen molar-refractivity contribution in [3.63, 3.8) is 0 Å². The maximum atomic E-state index is 12.2. The van der Waals surface area contributed by atoms with Crippen molar-refractivity contribution in [2.24, 2.45) is 0 Å². The van der Waals surface area contributed by atoms with Crippen molar-refractivity contribution in [2.45, 2.75) is 32.3 Å². The second-order valence-corrected chi connectivity index (χ2v) is 5.29. The monoisotopic (exact) mass is 320 g/mol. The first-order valence-electron chi connectivity index (χ1n) is 8.62. The highest BCUT2D eigenvalue weighted by Crippen LogP contribution is 2.26. The molecule has 0 aliphatic carbocycles. The number of rotatable bonds is 1. The summed E-state index contributed by atoms with van der Waals surface area (Å²) in [4.78, 5) is 19.6. The summed E-state index contributed by atoms with van der Waals surface area (Å²) in [5, 5.41) is 0. The predicted octanol–water partition coefficient (Wildman–Crippen LogP) is 2.57. The van der Waals surface area contributed by atoms with Crippen molar-refractivity contribution in [2.75, 3.05) is 13.0 Å². The predicted molar refractivity (Wildman–Crippen MR) is 70.3 cm³/mol. The number of carbonyl (C=O) groups is 1. The summed E-state index contributed by atoms with van der Waals surface area (Å²) in [5.74, 6) is -3.43. The van der Waals surface area contributed by atoms with Gasteiger partial charge in [-0.15, -0.1) is 0 Å². The molecule has 1 aliphatic heterocycles. The number of amides is 1. The number of hydrogen-bond acceptors (Lipinski definition) is 4. The normalized spacial score (nSPS) is 29.3. The van der Waals surface area contributed by atoms with Crippen LogP contribution in [-0.2, 0) is 4.74 Å². The van der Waals surface area contributed by atoms with Crippen molar-refractivity contribution >= 4 is 22.0 Å². The zero-order valence-electron chi connectivity index (χ0n) is 17.0. The first-order chi connectivity index (χ1) is 11.1. The lowest BCUT2D eigenvalue weighted by Gasteiger charge is -2.38. The van der Waals surface area contributed by atoms with E-state index in [0.717, 1.165) is 0 Å². The first kappa shape index (κ1) is 6.84. The average Bonchev–Trinajstić information content (AvgIpc) is 2.39. The van der Waals surface area contributed by atoms with Crippen LogP contribution in [0.15, 0.2) is 16.8 Å². The van der Waals surface area contributed by atoms with Crippen LogP contribution >= 0.6 is 15.9 Å². The topological polar surface area (TPSA) is 55.3 Å². The molecule has 1 amide bonds. The highest BCUT2D eigenvalue weighted by molar-refractivity contribution is 9.10. The van der Waals surface area contributed by atoms with Crippen molar-refractivity contribution in [3.05, 3.63) is 22.6 Å². The lowest BCUT2D eigenvalue weighted by Crippen LogP contribution is -2.50. The number of nitrogens with zero attached hydrogens (tertiary/aromatic N) is 3. The summed E-state index contributed by atoms with van der Waals surface area (Å²) >= 11 is 2.91. The van der Waals surface area contributed by atoms with Gasteiger partial charge in [0.25, 0.3) is 0 Å². The third-order valence-electron chi connectivity index (χ3n) is 1.77. The Morgan fingerprint density at radius 3 is 2.67 bits per heavy atom. The molecule has 18 heavy (non-hydrogen) atoms. The number of ether oxygens (including phenoxy) is 1. The van der Waals surface area contributed by atoms with Crippen LogP contribution in [0, 0.1) is 0 Å². The summed E-state index contributed by atoms with van der Waals surface area (Å²) in [6, 6.07) is 0. The van der Waals surface area contributed by atoms with E-state index in [2.05, 4.69) is 25.9 Å². The van der Waals surface area contributed by atoms with Crippen molar-refractivity contribution in [3.8, 4) is 0 Å². The van der Waals surface area contributed by atoms with E-state index >= 15 is 0 Å². The summed E-state index contributed by atoms with van der Waals surface area (Å²) in [6.07, 6.45) is -2.23. The van der Waals surface area contributed by atoms with E-state index in [1.807, 2.05) is 0 Å². The second-order valence-electron chi connectivity index (χ2n) is 4.50. The minimum atomic E-state index is -2.86. The summed E-state index contributed by atoms with van der Waals surface area (Å²) < 4.78 is 60.8. The second kappa shape index (κ2) is 4.84. The third-order valence-corrected chi connectivity index (χ3v) is 2.12. The van der Waals surface area contributed by atoms with Crippen molar-refractivity contribution < 1.29 is 19.1 Å². The minimum absolute atomic E-state index is 0.0655. The highest BCUT2D eigenvalue weighted by atomic mass is 79.9. The van der Waals surface area contributed by atoms with Gasteiger partial charge in [0.15, 0.2) is 0 Å². The van der Waals surface area contributed by atoms with Crippen LogP contribution in [0.2, 0.25) is 0 Å². The van der Waals surface area contributed by atoms with E-state index in [9.17, 15) is 4.79 Å². The summed E-state index contributed by atoms with van der Waals surface area (Å²) in [7, 11) is 0. The Hall–Kier alpha value is -1.17. The van der Waals surface area contributed by atoms with E-state index in [4.69, 9.17) is 14.3 Å². The zero-order valence-corrected chi connectivity index (χ0v) is 11.6. The fourth-order valence-corrected chi connectivity index (χ4v) is 1.27. The summed E-state index contributed by atoms with van der Waals surface area (Å²) in [6.45, 7) is -1.09. The standard InChI is InChI=1S/C12H16BrN3O2/c1-12(2,3)18-11(17)16-6-8(7-16)10-14-4-9(13)5-15-10/h4-5,8H,6-7H2,1-3H3/i4D,5D,6D2,7D2,8D. The van der Waals surface area contributed by atoms with Crippen LogP contribution in [0.25, 0.3) is 0 Å². The maximum absolute atomic E-state index is 12.2. The maximum Gasteiger partial charge on any atom is 0.410 e. The summed E-state index contributed by atoms with van der Waals surface area (Å²) in [5.41, 5.74) is -0.986. The molecule has 1 aromatic heterocycles. The van der Waals surface area contributed by atoms with Gasteiger partial charge in [-0.2, -0.15) is 0 Å². The van der Waals surface area contributed by atoms with Crippen molar-refractivity contribution in [1.82, 2.24) is 14.9 Å². The molecule has 2 heterocycles. The van der Waals surface area contributed by atoms with E-state index in [-0.39, 0.29) is 9.37 Å². The van der Waals surface area contributed by atoms with Gasteiger partial charge in [-0.3, -0.25) is 0 Å². The van der Waals surface area contributed by atoms with Gasteiger partial charge in [-0.25, -0.2) is 14.8 Å². The fraction of sp³-hybridized carbons (Fsp3) is 0.583. The average molecular weight is 321 g/mol. The third kappa shape index (κ3) is 3.19. The van der Waals surface area contributed by atoms with Crippen LogP contribution in [0.5, 0.6) is 0 Å². The Bertz CT molecular complexity index is 699. The molecule has 0 radical (unpaired) electrons. The molecule has 1 aromatic rings. The SMILES string of the molecule is [2H]c1nc(C2([2H])C([2H])([2H])N(C(=O)OC(C)(C)C)C2([2H])[2H])nc([2H])c1Br. The Labute approximate surface area is 125 Å². The van der Waals surface area contributed by atoms with Crippen LogP contribution in [-0.4, -0.2) is 39.6 Å². The van der Waals surface area contributed by atoms with Crippen LogP contribution in [0.4, 0.5) is 4.79 Å². The molecular formula is C12H16BrN3O2. The van der Waals surface area contributed by atoms with E-state index in [1.165, 1.54) is 0 Å². The van der Waals surface area contributed by atoms with Crippen LogP contribution in [0.1, 0.15) is 42.1 Å². The first-order valence-corrected chi connectivity index (χ1v) is 5.91. The highest BCUT2D eigenvalue weighted by Gasteiger charge is 2.35. The largest absolute Gasteiger partial charge is 0.444 e. The number of carbonyl (C=O) groups excluding carboxylic acids is 1. The van der Waals surface area contributed by atoms with Gasteiger partial charge in [0.05, 0.1) is 18.6 Å². The lowest BCUT2D eigenvalue weighted by molar-refractivity contribution is 0.00752. The lowest BCUT2D eigenvalue weighted by atomic mass is 10.00. The van der Waals surface area contributed by atoms with E-state index in [0.29, 0.717) is 0 Å². The smallest absolute Gasteiger partial charge is 0.410 e. The quantitative estimate of drug-likeness (QED) is 0.798. The van der Waals surface area contributed by atoms with Gasteiger partial charge < -0.3 is 9.64 Å². The van der Waals surface area contributed by atoms with Crippen LogP contribution < -0.4 is 0 Å². The van der Waals surface area contributed by atoms with Gasteiger partial charge in [-0.05, 0) is 36.7 Å². The Morgan fingerprint density at radius 1 is 1.61 bits per heavy atom. The molecule has 0 N–H and O–H groups in total. The Morgan fingerprint density at radius 2 is 2.17 bits per heavy atom. The van der Waals surface area contributed by atoms with Crippen LogP contribution in [0.3, 0.4) is 0 Å². The molecule has 0 saturated carbocycles. The van der Waals surface area contributed by atoms with Gasteiger partial charge in [0.2, 0.25) is 0 Å². The molecule has 1 fully saturated rings. The van der Waals surface area contributed by atoms with E-state index in [1.54, 1.807) is 20.8 Å². The molecule has 0 unspecified atom stereocenters. The molecule has 0 atom stereocenters. The van der Waals surface area contributed by atoms with E-state index < -0.39 is 48.8 Å². The molecule has 0 bridgehead atoms. The molecule has 0 spiro atoms. The Balaban J connectivity index is 2.52. The molecule has 6 heteroatoms. The number of halogens is 1. The van der Waals surface area contributed by atoms with Gasteiger partial charge in [0.1, 0.15) is 11.4 Å². The van der Waals surface area contributed by atoms with Gasteiger partial charge in [0, 0.05) is 26.7 Å². The minimum Gasteiger partial charge on any atom is -0.444 e. The number of aromatic nitrogens is 2. The molecular weight excluding hydrogens is 298 g/mol. The zero-order chi connectivity index (χ0) is 19.6. The van der Waals surface area contributed by atoms with Gasteiger partial charge in [-0.1, -0.05) is 0 Å². The van der Waals surface area contributed by atoms with Crippen molar-refractivity contribution in [1.29, 1.82) is 0 Å².